The van der Waals surface area contributed by atoms with Gasteiger partial charge in [0.25, 0.3) is 5.91 Å². The van der Waals surface area contributed by atoms with Gasteiger partial charge in [-0.3, -0.25) is 9.59 Å². The largest absolute Gasteiger partial charge is 0.416 e. The summed E-state index contributed by atoms with van der Waals surface area (Å²) in [5, 5.41) is 2.60. The third kappa shape index (κ3) is 5.90. The molecule has 1 N–H and O–H groups in total. The molecule has 3 rings (SSSR count). The van der Waals surface area contributed by atoms with Crippen LogP contribution in [0.5, 0.6) is 0 Å². The molecule has 0 radical (unpaired) electrons. The smallest absolute Gasteiger partial charge is 0.344 e. The van der Waals surface area contributed by atoms with E-state index in [0.717, 1.165) is 18.4 Å². The second-order valence-electron chi connectivity index (χ2n) is 8.48. The van der Waals surface area contributed by atoms with Crippen molar-refractivity contribution >= 4 is 21.7 Å². The van der Waals surface area contributed by atoms with Crippen LogP contribution in [-0.4, -0.2) is 44.0 Å². The van der Waals surface area contributed by atoms with Crippen LogP contribution in [0.1, 0.15) is 47.3 Å². The number of sulfone groups is 1. The molecular weight excluding hydrogens is 488 g/mol. The van der Waals surface area contributed by atoms with Gasteiger partial charge in [0.2, 0.25) is 5.91 Å². The molecule has 0 bridgehead atoms. The molecular formula is C24H24F4N2O4S. The van der Waals surface area contributed by atoms with Crippen LogP contribution in [0.4, 0.5) is 17.6 Å². The number of rotatable bonds is 6. The van der Waals surface area contributed by atoms with Crippen LogP contribution >= 0.6 is 0 Å². The van der Waals surface area contributed by atoms with Crippen molar-refractivity contribution in [2.45, 2.75) is 42.9 Å². The average Bonchev–Trinajstić information content (AvgIpc) is 3.26. The van der Waals surface area contributed by atoms with Gasteiger partial charge in [0.1, 0.15) is 11.9 Å². The summed E-state index contributed by atoms with van der Waals surface area (Å²) >= 11 is 0. The van der Waals surface area contributed by atoms with Gasteiger partial charge in [0.05, 0.1) is 16.5 Å². The molecule has 2 aromatic carbocycles. The Hall–Kier alpha value is -3.21. The number of likely N-dealkylation sites (tertiary alicyclic amines) is 1. The third-order valence-electron chi connectivity index (χ3n) is 5.74. The summed E-state index contributed by atoms with van der Waals surface area (Å²) in [6.07, 6.45) is -2.90. The summed E-state index contributed by atoms with van der Waals surface area (Å²) in [5.74, 6) is -2.31. The first-order valence-corrected chi connectivity index (χ1v) is 12.5. The van der Waals surface area contributed by atoms with Crippen LogP contribution < -0.4 is 5.32 Å². The van der Waals surface area contributed by atoms with Crippen LogP contribution in [-0.2, 0) is 20.8 Å². The monoisotopic (exact) mass is 512 g/mol. The Kier molecular flexibility index (Phi) is 7.39. The molecule has 0 aromatic heterocycles. The summed E-state index contributed by atoms with van der Waals surface area (Å²) in [6.45, 7) is 5.46. The number of carbonyl (C=O) groups is 2. The molecule has 1 saturated heterocycles. The average molecular weight is 513 g/mol. The molecule has 0 spiro atoms. The predicted octanol–water partition coefficient (Wildman–Crippen LogP) is 4.29. The minimum Gasteiger partial charge on any atom is -0.344 e. The first kappa shape index (κ1) is 26.4. The van der Waals surface area contributed by atoms with E-state index in [9.17, 15) is 35.6 Å². The van der Waals surface area contributed by atoms with Crippen LogP contribution in [0.2, 0.25) is 0 Å². The van der Waals surface area contributed by atoms with Crippen molar-refractivity contribution in [2.75, 3.05) is 12.8 Å². The molecule has 2 aromatic rings. The highest BCUT2D eigenvalue weighted by atomic mass is 32.2. The van der Waals surface area contributed by atoms with Gasteiger partial charge in [0.15, 0.2) is 9.84 Å². The standard InChI is InChI=1S/C24H24F4N2O4S/c1-14(2)21(18-10-9-16(13-19(18)25)24(26,27)28)29-22(31)20-8-5-11-30(20)23(32)15-6-4-7-17(12-15)35(3,33)34/h4,6-7,9-10,12-13,20-21H,1,5,8,11H2,2-3H3,(H,29,31)/t20-,21-/m1/s1. The maximum atomic E-state index is 14.6. The maximum absolute atomic E-state index is 14.6. The number of amides is 2. The van der Waals surface area contributed by atoms with Crippen molar-refractivity contribution < 1.29 is 35.6 Å². The number of halogens is 4. The molecule has 2 atom stereocenters. The Morgan fingerprint density at radius 2 is 1.86 bits per heavy atom. The highest BCUT2D eigenvalue weighted by Crippen LogP contribution is 2.33. The van der Waals surface area contributed by atoms with Crippen LogP contribution in [0.3, 0.4) is 0 Å². The molecule has 1 aliphatic heterocycles. The predicted molar refractivity (Wildman–Crippen MR) is 121 cm³/mol. The molecule has 1 fully saturated rings. The van der Waals surface area contributed by atoms with E-state index in [-0.39, 0.29) is 28.1 Å². The van der Waals surface area contributed by atoms with E-state index in [2.05, 4.69) is 11.9 Å². The Morgan fingerprint density at radius 1 is 1.17 bits per heavy atom. The Balaban J connectivity index is 1.84. The lowest BCUT2D eigenvalue weighted by Gasteiger charge is -2.27. The second-order valence-corrected chi connectivity index (χ2v) is 10.5. The summed E-state index contributed by atoms with van der Waals surface area (Å²) in [4.78, 5) is 27.4. The Bertz CT molecular complexity index is 1270. The highest BCUT2D eigenvalue weighted by molar-refractivity contribution is 7.90. The summed E-state index contributed by atoms with van der Waals surface area (Å²) in [6, 6.07) is 5.46. The molecule has 188 valence electrons. The van der Waals surface area contributed by atoms with Crippen molar-refractivity contribution in [2.24, 2.45) is 0 Å². The fourth-order valence-corrected chi connectivity index (χ4v) is 4.62. The quantitative estimate of drug-likeness (QED) is 0.463. The minimum atomic E-state index is -4.72. The van der Waals surface area contributed by atoms with Gasteiger partial charge in [-0.15, -0.1) is 0 Å². The van der Waals surface area contributed by atoms with E-state index in [1.54, 1.807) is 0 Å². The molecule has 0 unspecified atom stereocenters. The summed E-state index contributed by atoms with van der Waals surface area (Å²) < 4.78 is 76.9. The molecule has 0 aliphatic carbocycles. The lowest BCUT2D eigenvalue weighted by molar-refractivity contribution is -0.137. The number of nitrogens with one attached hydrogen (secondary N) is 1. The van der Waals surface area contributed by atoms with Gasteiger partial charge in [-0.25, -0.2) is 12.8 Å². The number of alkyl halides is 3. The van der Waals surface area contributed by atoms with Crippen molar-refractivity contribution in [1.29, 1.82) is 0 Å². The number of benzene rings is 2. The molecule has 1 heterocycles. The molecule has 2 amide bonds. The zero-order valence-electron chi connectivity index (χ0n) is 19.0. The van der Waals surface area contributed by atoms with Crippen molar-refractivity contribution in [3.8, 4) is 0 Å². The fourth-order valence-electron chi connectivity index (χ4n) is 3.95. The van der Waals surface area contributed by atoms with Crippen LogP contribution in [0, 0.1) is 5.82 Å². The number of carbonyl (C=O) groups excluding carboxylic acids is 2. The normalized spacial score (nSPS) is 17.2. The zero-order chi connectivity index (χ0) is 26.1. The van der Waals surface area contributed by atoms with Gasteiger partial charge < -0.3 is 10.2 Å². The Morgan fingerprint density at radius 3 is 2.43 bits per heavy atom. The van der Waals surface area contributed by atoms with E-state index in [1.807, 2.05) is 0 Å². The summed E-state index contributed by atoms with van der Waals surface area (Å²) in [5.41, 5.74) is -0.961. The molecule has 35 heavy (non-hydrogen) atoms. The van der Waals surface area contributed by atoms with E-state index < -0.39 is 51.3 Å². The number of hydrogen-bond donors (Lipinski definition) is 1. The molecule has 11 heteroatoms. The minimum absolute atomic E-state index is 0.0383. The lowest BCUT2D eigenvalue weighted by Crippen LogP contribution is -2.47. The Labute approximate surface area is 200 Å². The van der Waals surface area contributed by atoms with Crippen molar-refractivity contribution in [3.05, 3.63) is 77.1 Å². The van der Waals surface area contributed by atoms with Gasteiger partial charge in [-0.05, 0) is 50.1 Å². The molecule has 6 nitrogen and oxygen atoms in total. The van der Waals surface area contributed by atoms with Gasteiger partial charge in [-0.1, -0.05) is 24.3 Å². The fraction of sp³-hybridized carbons (Fsp3) is 0.333. The topological polar surface area (TPSA) is 83.6 Å². The van der Waals surface area contributed by atoms with Gasteiger partial charge >= 0.3 is 6.18 Å². The van der Waals surface area contributed by atoms with E-state index in [1.165, 1.54) is 36.1 Å². The first-order chi connectivity index (χ1) is 16.2. The lowest BCUT2D eigenvalue weighted by atomic mass is 9.98. The van der Waals surface area contributed by atoms with Gasteiger partial charge in [0, 0.05) is 23.9 Å². The van der Waals surface area contributed by atoms with Crippen LogP contribution in [0.15, 0.2) is 59.5 Å². The van der Waals surface area contributed by atoms with Gasteiger partial charge in [-0.2, -0.15) is 13.2 Å². The maximum Gasteiger partial charge on any atom is 0.416 e. The number of nitrogens with zero attached hydrogens (tertiary/aromatic N) is 1. The third-order valence-corrected chi connectivity index (χ3v) is 6.85. The molecule has 0 saturated carbocycles. The highest BCUT2D eigenvalue weighted by Gasteiger charge is 2.37. The SMILES string of the molecule is C=C(C)[C@@H](NC(=O)[C@H]1CCCN1C(=O)c1cccc(S(C)(=O)=O)c1)c1ccc(C(F)(F)F)cc1F. The van der Waals surface area contributed by atoms with Crippen molar-refractivity contribution in [3.63, 3.8) is 0 Å². The van der Waals surface area contributed by atoms with E-state index >= 15 is 0 Å². The zero-order valence-corrected chi connectivity index (χ0v) is 19.8. The van der Waals surface area contributed by atoms with Crippen LogP contribution in [0.25, 0.3) is 0 Å². The van der Waals surface area contributed by atoms with E-state index in [4.69, 9.17) is 0 Å². The second kappa shape index (κ2) is 9.80. The molecule has 1 aliphatic rings. The summed E-state index contributed by atoms with van der Waals surface area (Å²) in [7, 11) is -3.55. The first-order valence-electron chi connectivity index (χ1n) is 10.6. The van der Waals surface area contributed by atoms with E-state index in [0.29, 0.717) is 18.9 Å². The number of hydrogen-bond acceptors (Lipinski definition) is 4. The van der Waals surface area contributed by atoms with Crippen molar-refractivity contribution in [1.82, 2.24) is 10.2 Å².